The first-order chi connectivity index (χ1) is 8.45. The van der Waals surface area contributed by atoms with Gasteiger partial charge in [0, 0.05) is 6.61 Å². The average Bonchev–Trinajstić information content (AvgIpc) is 2.31. The van der Waals surface area contributed by atoms with Gasteiger partial charge in [0.1, 0.15) is 5.01 Å². The lowest BCUT2D eigenvalue weighted by molar-refractivity contribution is 0.0750. The van der Waals surface area contributed by atoms with Crippen LogP contribution in [0.1, 0.15) is 44.9 Å². The normalized spacial score (nSPS) is 18.3. The first-order valence-corrected chi connectivity index (χ1v) is 7.34. The van der Waals surface area contributed by atoms with E-state index in [0.717, 1.165) is 0 Å². The van der Waals surface area contributed by atoms with Crippen LogP contribution in [0.25, 0.3) is 0 Å². The summed E-state index contributed by atoms with van der Waals surface area (Å²) < 4.78 is 0. The Hall–Kier alpha value is 0.280. The SMILES string of the molecule is OCCC(O)CCC(O)CCC(O)CCC(O)Br. The van der Waals surface area contributed by atoms with E-state index < -0.39 is 23.3 Å². The van der Waals surface area contributed by atoms with E-state index >= 15 is 0 Å². The third-order valence-corrected chi connectivity index (χ3v) is 3.32. The minimum absolute atomic E-state index is 0.0507. The first-order valence-electron chi connectivity index (χ1n) is 6.42. The van der Waals surface area contributed by atoms with Crippen LogP contribution in [0, 0.1) is 0 Å². The number of halogens is 1. The molecule has 0 spiro atoms. The summed E-state index contributed by atoms with van der Waals surface area (Å²) >= 11 is 2.99. The summed E-state index contributed by atoms with van der Waals surface area (Å²) in [5.74, 6) is 0. The molecule has 0 radical (unpaired) electrons. The van der Waals surface area contributed by atoms with Crippen molar-refractivity contribution in [3.05, 3.63) is 0 Å². The van der Waals surface area contributed by atoms with E-state index in [1.807, 2.05) is 0 Å². The van der Waals surface area contributed by atoms with Crippen molar-refractivity contribution < 1.29 is 25.5 Å². The van der Waals surface area contributed by atoms with Crippen LogP contribution in [0.4, 0.5) is 0 Å². The van der Waals surface area contributed by atoms with E-state index in [1.165, 1.54) is 0 Å². The average molecular weight is 329 g/mol. The van der Waals surface area contributed by atoms with E-state index in [4.69, 9.17) is 10.2 Å². The second kappa shape index (κ2) is 11.1. The molecule has 5 N–H and O–H groups in total. The summed E-state index contributed by atoms with van der Waals surface area (Å²) in [6.45, 7) is -0.0507. The Bertz CT molecular complexity index is 191. The molecule has 5 nitrogen and oxygen atoms in total. The highest BCUT2D eigenvalue weighted by Gasteiger charge is 2.12. The molecule has 6 heteroatoms. The van der Waals surface area contributed by atoms with E-state index in [1.54, 1.807) is 0 Å². The molecule has 110 valence electrons. The summed E-state index contributed by atoms with van der Waals surface area (Å²) in [5.41, 5.74) is 0. The Morgan fingerprint density at radius 1 is 0.611 bits per heavy atom. The maximum absolute atomic E-state index is 9.65. The fraction of sp³-hybridized carbons (Fsp3) is 1.00. The van der Waals surface area contributed by atoms with Crippen molar-refractivity contribution in [3.8, 4) is 0 Å². The van der Waals surface area contributed by atoms with Gasteiger partial charge in [-0.15, -0.1) is 0 Å². The van der Waals surface area contributed by atoms with Crippen molar-refractivity contribution >= 4 is 15.9 Å². The van der Waals surface area contributed by atoms with Gasteiger partial charge < -0.3 is 25.5 Å². The summed E-state index contributed by atoms with van der Waals surface area (Å²) in [6.07, 6.45) is 1.56. The van der Waals surface area contributed by atoms with Crippen LogP contribution in [-0.2, 0) is 0 Å². The molecule has 4 atom stereocenters. The zero-order valence-electron chi connectivity index (χ0n) is 10.6. The second-order valence-electron chi connectivity index (χ2n) is 4.64. The quantitative estimate of drug-likeness (QED) is 0.356. The lowest BCUT2D eigenvalue weighted by atomic mass is 10.0. The number of hydrogen-bond donors (Lipinski definition) is 5. The summed E-state index contributed by atoms with van der Waals surface area (Å²) in [5, 5.41) is 45.6. The van der Waals surface area contributed by atoms with E-state index in [0.29, 0.717) is 44.9 Å². The predicted octanol–water partition coefficient (Wildman–Crippen LogP) is 0.505. The summed E-state index contributed by atoms with van der Waals surface area (Å²) in [6, 6.07) is 0. The van der Waals surface area contributed by atoms with Crippen molar-refractivity contribution in [2.45, 2.75) is 68.3 Å². The topological polar surface area (TPSA) is 101 Å². The molecule has 0 aliphatic rings. The molecule has 0 aromatic rings. The van der Waals surface area contributed by atoms with E-state index in [-0.39, 0.29) is 6.61 Å². The Morgan fingerprint density at radius 2 is 0.944 bits per heavy atom. The van der Waals surface area contributed by atoms with Gasteiger partial charge in [0.25, 0.3) is 0 Å². The fourth-order valence-corrected chi connectivity index (χ4v) is 1.95. The molecule has 0 bridgehead atoms. The highest BCUT2D eigenvalue weighted by Crippen LogP contribution is 2.14. The third kappa shape index (κ3) is 11.4. The van der Waals surface area contributed by atoms with Crippen LogP contribution in [0.2, 0.25) is 0 Å². The first kappa shape index (κ1) is 18.3. The third-order valence-electron chi connectivity index (χ3n) is 2.87. The van der Waals surface area contributed by atoms with Crippen molar-refractivity contribution in [3.63, 3.8) is 0 Å². The Balaban J connectivity index is 3.54. The predicted molar refractivity (Wildman–Crippen MR) is 72.4 cm³/mol. The molecule has 0 fully saturated rings. The monoisotopic (exact) mass is 328 g/mol. The molecule has 4 unspecified atom stereocenters. The Kier molecular flexibility index (Phi) is 11.3. The number of rotatable bonds is 11. The minimum atomic E-state index is -0.592. The molecular weight excluding hydrogens is 304 g/mol. The van der Waals surface area contributed by atoms with Crippen molar-refractivity contribution in [2.75, 3.05) is 6.61 Å². The Morgan fingerprint density at radius 3 is 1.28 bits per heavy atom. The smallest absolute Gasteiger partial charge is 0.109 e. The lowest BCUT2D eigenvalue weighted by Crippen LogP contribution is -2.17. The van der Waals surface area contributed by atoms with Gasteiger partial charge in [0.05, 0.1) is 18.3 Å². The zero-order valence-corrected chi connectivity index (χ0v) is 12.2. The molecule has 0 saturated carbocycles. The molecular formula is C12H25BrO5. The summed E-state index contributed by atoms with van der Waals surface area (Å²) in [4.78, 5) is 0. The van der Waals surface area contributed by atoms with E-state index in [9.17, 15) is 15.3 Å². The maximum Gasteiger partial charge on any atom is 0.109 e. The highest BCUT2D eigenvalue weighted by atomic mass is 79.9. The van der Waals surface area contributed by atoms with Gasteiger partial charge >= 0.3 is 0 Å². The molecule has 0 saturated heterocycles. The largest absolute Gasteiger partial charge is 0.396 e. The molecule has 0 aliphatic heterocycles. The van der Waals surface area contributed by atoms with Gasteiger partial charge in [-0.1, -0.05) is 15.9 Å². The molecule has 0 aromatic heterocycles. The standard InChI is InChI=1S/C12H25BrO5/c13-12(18)6-5-10(16)2-1-9(15)3-4-11(17)7-8-14/h9-12,14-18H,1-8H2. The van der Waals surface area contributed by atoms with Gasteiger partial charge in [0.15, 0.2) is 0 Å². The molecule has 18 heavy (non-hydrogen) atoms. The zero-order chi connectivity index (χ0) is 14.0. The van der Waals surface area contributed by atoms with Crippen LogP contribution in [-0.4, -0.2) is 55.5 Å². The molecule has 0 aromatic carbocycles. The van der Waals surface area contributed by atoms with Gasteiger partial charge in [-0.05, 0) is 44.9 Å². The number of aliphatic hydroxyl groups is 5. The molecule has 0 amide bonds. The number of aliphatic hydroxyl groups excluding tert-OH is 5. The maximum atomic E-state index is 9.65. The van der Waals surface area contributed by atoms with Crippen LogP contribution in [0.15, 0.2) is 0 Å². The summed E-state index contributed by atoms with van der Waals surface area (Å²) in [7, 11) is 0. The number of alkyl halides is 1. The van der Waals surface area contributed by atoms with Crippen LogP contribution in [0.3, 0.4) is 0 Å². The van der Waals surface area contributed by atoms with Crippen molar-refractivity contribution in [1.29, 1.82) is 0 Å². The van der Waals surface area contributed by atoms with Gasteiger partial charge in [-0.2, -0.15) is 0 Å². The van der Waals surface area contributed by atoms with Crippen LogP contribution < -0.4 is 0 Å². The van der Waals surface area contributed by atoms with Crippen molar-refractivity contribution in [2.24, 2.45) is 0 Å². The van der Waals surface area contributed by atoms with Crippen LogP contribution in [0.5, 0.6) is 0 Å². The fourth-order valence-electron chi connectivity index (χ4n) is 1.68. The van der Waals surface area contributed by atoms with Gasteiger partial charge in [-0.3, -0.25) is 0 Å². The molecule has 0 rings (SSSR count). The second-order valence-corrected chi connectivity index (χ2v) is 5.70. The minimum Gasteiger partial charge on any atom is -0.396 e. The molecule has 0 heterocycles. The van der Waals surface area contributed by atoms with Crippen molar-refractivity contribution in [1.82, 2.24) is 0 Å². The molecule has 0 aliphatic carbocycles. The van der Waals surface area contributed by atoms with Gasteiger partial charge in [0.2, 0.25) is 0 Å². The van der Waals surface area contributed by atoms with Gasteiger partial charge in [-0.25, -0.2) is 0 Å². The van der Waals surface area contributed by atoms with Crippen LogP contribution >= 0.6 is 15.9 Å². The lowest BCUT2D eigenvalue weighted by Gasteiger charge is -2.16. The highest BCUT2D eigenvalue weighted by molar-refractivity contribution is 9.09. The Labute approximate surface area is 117 Å². The number of hydrogen-bond acceptors (Lipinski definition) is 5. The van der Waals surface area contributed by atoms with E-state index in [2.05, 4.69) is 15.9 Å².